The van der Waals surface area contributed by atoms with Gasteiger partial charge in [0.1, 0.15) is 0 Å². The van der Waals surface area contributed by atoms with E-state index in [9.17, 15) is 4.79 Å². The smallest absolute Gasteiger partial charge is 0.222 e. The minimum atomic E-state index is 0.187. The van der Waals surface area contributed by atoms with Crippen molar-refractivity contribution in [3.8, 4) is 0 Å². The molecule has 0 aliphatic carbocycles. The predicted octanol–water partition coefficient (Wildman–Crippen LogP) is 2.21. The van der Waals surface area contributed by atoms with E-state index in [4.69, 9.17) is 5.73 Å². The molecular formula is C15H24N2O. The maximum atomic E-state index is 11.8. The summed E-state index contributed by atoms with van der Waals surface area (Å²) in [6.45, 7) is 2.75. The lowest BCUT2D eigenvalue weighted by molar-refractivity contribution is -0.130. The normalized spacial score (nSPS) is 12.2. The molecule has 3 heteroatoms. The van der Waals surface area contributed by atoms with Crippen LogP contribution < -0.4 is 5.73 Å². The van der Waals surface area contributed by atoms with Crippen molar-refractivity contribution < 1.29 is 4.79 Å². The average molecular weight is 248 g/mol. The summed E-state index contributed by atoms with van der Waals surface area (Å²) in [5.74, 6) is 0.214. The van der Waals surface area contributed by atoms with Crippen LogP contribution in [0.4, 0.5) is 0 Å². The molecule has 1 amide bonds. The van der Waals surface area contributed by atoms with Gasteiger partial charge in [-0.1, -0.05) is 30.3 Å². The topological polar surface area (TPSA) is 46.3 Å². The molecule has 1 unspecified atom stereocenters. The Morgan fingerprint density at radius 2 is 2.00 bits per heavy atom. The maximum absolute atomic E-state index is 11.8. The third kappa shape index (κ3) is 5.82. The van der Waals surface area contributed by atoms with Gasteiger partial charge in [-0.3, -0.25) is 4.79 Å². The summed E-state index contributed by atoms with van der Waals surface area (Å²) in [5.41, 5.74) is 6.94. The van der Waals surface area contributed by atoms with Crippen LogP contribution in [0.5, 0.6) is 0 Å². The summed E-state index contributed by atoms with van der Waals surface area (Å²) in [6.07, 6.45) is 3.31. The molecule has 1 aromatic carbocycles. The van der Waals surface area contributed by atoms with Crippen LogP contribution in [0, 0.1) is 0 Å². The van der Waals surface area contributed by atoms with Crippen molar-refractivity contribution in [1.29, 1.82) is 0 Å². The van der Waals surface area contributed by atoms with Crippen LogP contribution in [0.25, 0.3) is 0 Å². The second kappa shape index (κ2) is 7.88. The number of hydrogen-bond acceptors (Lipinski definition) is 2. The maximum Gasteiger partial charge on any atom is 0.222 e. The molecule has 0 aliphatic rings. The first-order chi connectivity index (χ1) is 8.59. The van der Waals surface area contributed by atoms with Crippen molar-refractivity contribution in [2.75, 3.05) is 13.6 Å². The van der Waals surface area contributed by atoms with E-state index in [2.05, 4.69) is 12.1 Å². The van der Waals surface area contributed by atoms with Gasteiger partial charge in [0.15, 0.2) is 0 Å². The van der Waals surface area contributed by atoms with Crippen LogP contribution in [0.15, 0.2) is 30.3 Å². The number of nitrogens with two attached hydrogens (primary N) is 1. The monoisotopic (exact) mass is 248 g/mol. The SMILES string of the molecule is CC(N)CCCC(=O)N(C)CCc1ccccc1. The molecule has 0 spiro atoms. The first kappa shape index (κ1) is 14.7. The molecule has 0 bridgehead atoms. The molecule has 1 atom stereocenters. The van der Waals surface area contributed by atoms with Crippen LogP contribution in [0.1, 0.15) is 31.7 Å². The third-order valence-corrected chi connectivity index (χ3v) is 3.05. The van der Waals surface area contributed by atoms with E-state index in [0.29, 0.717) is 6.42 Å². The zero-order chi connectivity index (χ0) is 13.4. The fraction of sp³-hybridized carbons (Fsp3) is 0.533. The Bertz CT molecular complexity index is 349. The van der Waals surface area contributed by atoms with Gasteiger partial charge >= 0.3 is 0 Å². The first-order valence-electron chi connectivity index (χ1n) is 6.63. The molecule has 0 saturated carbocycles. The lowest BCUT2D eigenvalue weighted by atomic mass is 10.1. The summed E-state index contributed by atoms with van der Waals surface area (Å²) < 4.78 is 0. The number of amides is 1. The standard InChI is InChI=1S/C15H24N2O/c1-13(16)7-6-10-15(18)17(2)12-11-14-8-4-3-5-9-14/h3-5,8-9,13H,6-7,10-12,16H2,1-2H3. The zero-order valence-electron chi connectivity index (χ0n) is 11.4. The minimum absolute atomic E-state index is 0.187. The van der Waals surface area contributed by atoms with Crippen molar-refractivity contribution in [2.24, 2.45) is 5.73 Å². The Morgan fingerprint density at radius 1 is 1.33 bits per heavy atom. The molecule has 0 aromatic heterocycles. The summed E-state index contributed by atoms with van der Waals surface area (Å²) in [4.78, 5) is 13.6. The van der Waals surface area contributed by atoms with E-state index in [1.807, 2.05) is 37.1 Å². The Hall–Kier alpha value is -1.35. The van der Waals surface area contributed by atoms with E-state index < -0.39 is 0 Å². The minimum Gasteiger partial charge on any atom is -0.345 e. The largest absolute Gasteiger partial charge is 0.345 e. The number of carbonyl (C=O) groups is 1. The molecule has 1 rings (SSSR count). The molecule has 1 aromatic rings. The molecule has 0 saturated heterocycles. The summed E-state index contributed by atoms with van der Waals surface area (Å²) in [5, 5.41) is 0. The lowest BCUT2D eigenvalue weighted by Crippen LogP contribution is -2.29. The number of rotatable bonds is 7. The van der Waals surface area contributed by atoms with Crippen LogP contribution in [0.3, 0.4) is 0 Å². The highest BCUT2D eigenvalue weighted by Crippen LogP contribution is 2.04. The Morgan fingerprint density at radius 3 is 2.61 bits per heavy atom. The average Bonchev–Trinajstić information content (AvgIpc) is 2.36. The number of benzene rings is 1. The Balaban J connectivity index is 2.23. The van der Waals surface area contributed by atoms with Gasteiger partial charge in [-0.2, -0.15) is 0 Å². The van der Waals surface area contributed by atoms with Crippen molar-refractivity contribution >= 4 is 5.91 Å². The molecule has 3 nitrogen and oxygen atoms in total. The molecule has 0 fully saturated rings. The fourth-order valence-electron chi connectivity index (χ4n) is 1.83. The number of nitrogens with zero attached hydrogens (tertiary/aromatic N) is 1. The van der Waals surface area contributed by atoms with E-state index in [1.54, 1.807) is 0 Å². The molecular weight excluding hydrogens is 224 g/mol. The first-order valence-corrected chi connectivity index (χ1v) is 6.63. The van der Waals surface area contributed by atoms with Crippen molar-refractivity contribution in [2.45, 2.75) is 38.6 Å². The quantitative estimate of drug-likeness (QED) is 0.804. The van der Waals surface area contributed by atoms with Crippen LogP contribution in [-0.2, 0) is 11.2 Å². The van der Waals surface area contributed by atoms with Gasteiger partial charge in [-0.15, -0.1) is 0 Å². The van der Waals surface area contributed by atoms with Gasteiger partial charge in [0.2, 0.25) is 5.91 Å². The van der Waals surface area contributed by atoms with Gasteiger partial charge in [-0.05, 0) is 31.7 Å². The van der Waals surface area contributed by atoms with Crippen molar-refractivity contribution in [3.05, 3.63) is 35.9 Å². The van der Waals surface area contributed by atoms with Crippen molar-refractivity contribution in [1.82, 2.24) is 4.90 Å². The highest BCUT2D eigenvalue weighted by Gasteiger charge is 2.08. The van der Waals surface area contributed by atoms with E-state index in [0.717, 1.165) is 25.8 Å². The Labute approximate surface area is 110 Å². The predicted molar refractivity (Wildman–Crippen MR) is 75.3 cm³/mol. The molecule has 18 heavy (non-hydrogen) atoms. The van der Waals surface area contributed by atoms with Crippen molar-refractivity contribution in [3.63, 3.8) is 0 Å². The second-order valence-corrected chi connectivity index (χ2v) is 4.92. The summed E-state index contributed by atoms with van der Waals surface area (Å²) in [7, 11) is 1.87. The third-order valence-electron chi connectivity index (χ3n) is 3.05. The van der Waals surface area contributed by atoms with Gasteiger partial charge in [-0.25, -0.2) is 0 Å². The van der Waals surface area contributed by atoms with Gasteiger partial charge in [0, 0.05) is 26.1 Å². The second-order valence-electron chi connectivity index (χ2n) is 4.92. The van der Waals surface area contributed by atoms with E-state index in [-0.39, 0.29) is 11.9 Å². The Kier molecular flexibility index (Phi) is 6.44. The summed E-state index contributed by atoms with van der Waals surface area (Å²) >= 11 is 0. The number of likely N-dealkylation sites (N-methyl/N-ethyl adjacent to an activating group) is 1. The molecule has 2 N–H and O–H groups in total. The van der Waals surface area contributed by atoms with E-state index in [1.165, 1.54) is 5.56 Å². The molecule has 100 valence electrons. The number of hydrogen-bond donors (Lipinski definition) is 1. The van der Waals surface area contributed by atoms with Crippen LogP contribution >= 0.6 is 0 Å². The van der Waals surface area contributed by atoms with E-state index >= 15 is 0 Å². The number of carbonyl (C=O) groups excluding carboxylic acids is 1. The van der Waals surface area contributed by atoms with Crippen LogP contribution in [-0.4, -0.2) is 30.4 Å². The molecule has 0 radical (unpaired) electrons. The lowest BCUT2D eigenvalue weighted by Gasteiger charge is -2.17. The zero-order valence-corrected chi connectivity index (χ0v) is 11.4. The van der Waals surface area contributed by atoms with Gasteiger partial charge in [0.25, 0.3) is 0 Å². The highest BCUT2D eigenvalue weighted by atomic mass is 16.2. The fourth-order valence-corrected chi connectivity index (χ4v) is 1.83. The molecule has 0 aliphatic heterocycles. The molecule has 0 heterocycles. The van der Waals surface area contributed by atoms with Gasteiger partial charge in [0.05, 0.1) is 0 Å². The summed E-state index contributed by atoms with van der Waals surface area (Å²) in [6, 6.07) is 10.4. The van der Waals surface area contributed by atoms with Gasteiger partial charge < -0.3 is 10.6 Å². The highest BCUT2D eigenvalue weighted by molar-refractivity contribution is 5.75. The van der Waals surface area contributed by atoms with Crippen LogP contribution in [0.2, 0.25) is 0 Å².